The molecule has 1 atom stereocenters. The standard InChI is InChI=1S/C22H24OS/c1-3-4-13-22(16(2)23)24-15-21-19-11-7-5-9-17(19)14-18-10-6-8-12-20(18)21/h5-12,14,22H,3-4,13,15H2,1-2H3. The van der Waals surface area contributed by atoms with Gasteiger partial charge in [0.25, 0.3) is 0 Å². The number of hydrogen-bond donors (Lipinski definition) is 0. The van der Waals surface area contributed by atoms with Gasteiger partial charge in [0.05, 0.1) is 5.25 Å². The minimum atomic E-state index is 0.114. The Hall–Kier alpha value is -1.80. The van der Waals surface area contributed by atoms with E-state index in [0.29, 0.717) is 5.78 Å². The summed E-state index contributed by atoms with van der Waals surface area (Å²) in [5.74, 6) is 1.19. The van der Waals surface area contributed by atoms with Crippen molar-refractivity contribution in [3.63, 3.8) is 0 Å². The van der Waals surface area contributed by atoms with Gasteiger partial charge in [-0.1, -0.05) is 68.3 Å². The number of fused-ring (bicyclic) bond motifs is 2. The van der Waals surface area contributed by atoms with Gasteiger partial charge >= 0.3 is 0 Å². The second-order valence-corrected chi connectivity index (χ2v) is 7.54. The smallest absolute Gasteiger partial charge is 0.142 e. The molecule has 3 aromatic carbocycles. The lowest BCUT2D eigenvalue weighted by atomic mass is 9.98. The summed E-state index contributed by atoms with van der Waals surface area (Å²) in [5.41, 5.74) is 1.36. The average molecular weight is 337 g/mol. The summed E-state index contributed by atoms with van der Waals surface area (Å²) in [6, 6.07) is 19.4. The number of rotatable bonds is 7. The molecule has 0 spiro atoms. The average Bonchev–Trinajstić information content (AvgIpc) is 2.60. The van der Waals surface area contributed by atoms with Crippen LogP contribution in [0.5, 0.6) is 0 Å². The Balaban J connectivity index is 1.98. The summed E-state index contributed by atoms with van der Waals surface area (Å²) in [4.78, 5) is 12.0. The van der Waals surface area contributed by atoms with Crippen molar-refractivity contribution in [1.82, 2.24) is 0 Å². The molecule has 0 aliphatic heterocycles. The van der Waals surface area contributed by atoms with Crippen LogP contribution in [-0.2, 0) is 10.5 Å². The fourth-order valence-electron chi connectivity index (χ4n) is 3.24. The number of thioether (sulfide) groups is 1. The van der Waals surface area contributed by atoms with Crippen molar-refractivity contribution in [2.75, 3.05) is 0 Å². The summed E-state index contributed by atoms with van der Waals surface area (Å²) >= 11 is 1.80. The Morgan fingerprint density at radius 2 is 1.58 bits per heavy atom. The number of ketones is 1. The molecule has 0 saturated carbocycles. The van der Waals surface area contributed by atoms with E-state index in [2.05, 4.69) is 61.5 Å². The zero-order chi connectivity index (χ0) is 16.9. The minimum Gasteiger partial charge on any atom is -0.299 e. The van der Waals surface area contributed by atoms with Crippen molar-refractivity contribution in [1.29, 1.82) is 0 Å². The predicted octanol–water partition coefficient (Wildman–Crippen LogP) is 6.37. The van der Waals surface area contributed by atoms with Crippen LogP contribution in [0.1, 0.15) is 38.7 Å². The molecular weight excluding hydrogens is 312 g/mol. The number of carbonyl (C=O) groups excluding carboxylic acids is 1. The van der Waals surface area contributed by atoms with E-state index in [-0.39, 0.29) is 5.25 Å². The molecule has 3 aromatic rings. The van der Waals surface area contributed by atoms with E-state index in [4.69, 9.17) is 0 Å². The van der Waals surface area contributed by atoms with Crippen LogP contribution in [0.3, 0.4) is 0 Å². The van der Waals surface area contributed by atoms with Crippen LogP contribution >= 0.6 is 11.8 Å². The molecule has 24 heavy (non-hydrogen) atoms. The first-order valence-corrected chi connectivity index (χ1v) is 9.77. The molecular formula is C22H24OS. The van der Waals surface area contributed by atoms with Crippen LogP contribution in [-0.4, -0.2) is 11.0 Å². The maximum Gasteiger partial charge on any atom is 0.142 e. The molecule has 1 unspecified atom stereocenters. The van der Waals surface area contributed by atoms with Crippen LogP contribution in [0.2, 0.25) is 0 Å². The van der Waals surface area contributed by atoms with Crippen molar-refractivity contribution < 1.29 is 4.79 Å². The first kappa shape index (κ1) is 17.0. The van der Waals surface area contributed by atoms with Gasteiger partial charge in [-0.3, -0.25) is 4.79 Å². The van der Waals surface area contributed by atoms with Gasteiger partial charge in [0, 0.05) is 5.75 Å². The largest absolute Gasteiger partial charge is 0.299 e. The predicted molar refractivity (Wildman–Crippen MR) is 107 cm³/mol. The monoisotopic (exact) mass is 336 g/mol. The molecule has 3 rings (SSSR count). The normalized spacial score (nSPS) is 12.6. The van der Waals surface area contributed by atoms with Gasteiger partial charge in [0.2, 0.25) is 0 Å². The number of benzene rings is 3. The van der Waals surface area contributed by atoms with Crippen LogP contribution in [0, 0.1) is 0 Å². The summed E-state index contributed by atoms with van der Waals surface area (Å²) in [5, 5.41) is 5.28. The summed E-state index contributed by atoms with van der Waals surface area (Å²) in [6.45, 7) is 3.91. The van der Waals surface area contributed by atoms with E-state index in [1.165, 1.54) is 27.1 Å². The van der Waals surface area contributed by atoms with E-state index in [9.17, 15) is 4.79 Å². The number of hydrogen-bond acceptors (Lipinski definition) is 2. The molecule has 124 valence electrons. The van der Waals surface area contributed by atoms with Crippen molar-refractivity contribution in [2.45, 2.75) is 44.1 Å². The van der Waals surface area contributed by atoms with Gasteiger partial charge in [-0.25, -0.2) is 0 Å². The molecule has 1 nitrogen and oxygen atoms in total. The molecule has 0 amide bonds. The highest BCUT2D eigenvalue weighted by Gasteiger charge is 2.16. The van der Waals surface area contributed by atoms with E-state index < -0.39 is 0 Å². The molecule has 0 N–H and O–H groups in total. The summed E-state index contributed by atoms with van der Waals surface area (Å²) in [7, 11) is 0. The minimum absolute atomic E-state index is 0.114. The first-order valence-electron chi connectivity index (χ1n) is 8.72. The SMILES string of the molecule is CCCCC(SCc1c2ccccc2cc2ccccc12)C(C)=O. The van der Waals surface area contributed by atoms with E-state index >= 15 is 0 Å². The van der Waals surface area contributed by atoms with Crippen molar-refractivity contribution >= 4 is 39.1 Å². The van der Waals surface area contributed by atoms with Crippen molar-refractivity contribution in [2.24, 2.45) is 0 Å². The summed E-state index contributed by atoms with van der Waals surface area (Å²) < 4.78 is 0. The third-order valence-electron chi connectivity index (χ3n) is 4.58. The topological polar surface area (TPSA) is 17.1 Å². The van der Waals surface area contributed by atoms with Gasteiger partial charge in [-0.05, 0) is 46.5 Å². The highest BCUT2D eigenvalue weighted by Crippen LogP contribution is 2.33. The third kappa shape index (κ3) is 3.64. The second kappa shape index (κ2) is 7.85. The fraction of sp³-hybridized carbons (Fsp3) is 0.318. The van der Waals surface area contributed by atoms with Crippen LogP contribution in [0.15, 0.2) is 54.6 Å². The Bertz CT molecular complexity index is 799. The molecule has 0 radical (unpaired) electrons. The maximum atomic E-state index is 12.0. The lowest BCUT2D eigenvalue weighted by molar-refractivity contribution is -0.116. The van der Waals surface area contributed by atoms with Gasteiger partial charge in [0.1, 0.15) is 5.78 Å². The highest BCUT2D eigenvalue weighted by molar-refractivity contribution is 7.99. The second-order valence-electron chi connectivity index (χ2n) is 6.35. The Morgan fingerprint density at radius 1 is 1.00 bits per heavy atom. The molecule has 0 aliphatic rings. The quantitative estimate of drug-likeness (QED) is 0.466. The molecule has 2 heteroatoms. The Morgan fingerprint density at radius 3 is 2.12 bits per heavy atom. The van der Waals surface area contributed by atoms with Gasteiger partial charge in [0.15, 0.2) is 0 Å². The van der Waals surface area contributed by atoms with Crippen molar-refractivity contribution in [3.8, 4) is 0 Å². The number of Topliss-reactive ketones (excluding diaryl/α,β-unsaturated/α-hetero) is 1. The van der Waals surface area contributed by atoms with E-state index in [1.54, 1.807) is 18.7 Å². The molecule has 0 fully saturated rings. The van der Waals surface area contributed by atoms with Crippen LogP contribution in [0.4, 0.5) is 0 Å². The lowest BCUT2D eigenvalue weighted by Gasteiger charge is -2.16. The number of unbranched alkanes of at least 4 members (excludes halogenated alkanes) is 1. The van der Waals surface area contributed by atoms with E-state index in [1.807, 2.05) is 0 Å². The molecule has 0 aliphatic carbocycles. The Labute approximate surface area is 148 Å². The van der Waals surface area contributed by atoms with Gasteiger partial charge in [-0.2, -0.15) is 0 Å². The van der Waals surface area contributed by atoms with Crippen molar-refractivity contribution in [3.05, 3.63) is 60.2 Å². The Kier molecular flexibility index (Phi) is 5.57. The zero-order valence-electron chi connectivity index (χ0n) is 14.4. The van der Waals surface area contributed by atoms with Crippen LogP contribution in [0.25, 0.3) is 21.5 Å². The van der Waals surface area contributed by atoms with Gasteiger partial charge < -0.3 is 0 Å². The number of carbonyl (C=O) groups is 1. The highest BCUT2D eigenvalue weighted by atomic mass is 32.2. The third-order valence-corrected chi connectivity index (χ3v) is 6.01. The molecule has 0 heterocycles. The molecule has 0 bridgehead atoms. The molecule has 0 saturated heterocycles. The maximum absolute atomic E-state index is 12.0. The van der Waals surface area contributed by atoms with E-state index in [0.717, 1.165) is 25.0 Å². The van der Waals surface area contributed by atoms with Gasteiger partial charge in [-0.15, -0.1) is 11.8 Å². The first-order chi connectivity index (χ1) is 11.7. The fourth-order valence-corrected chi connectivity index (χ4v) is 4.49. The van der Waals surface area contributed by atoms with Crippen LogP contribution < -0.4 is 0 Å². The zero-order valence-corrected chi connectivity index (χ0v) is 15.2. The molecule has 0 aromatic heterocycles. The summed E-state index contributed by atoms with van der Waals surface area (Å²) in [6.07, 6.45) is 3.24. The lowest BCUT2D eigenvalue weighted by Crippen LogP contribution is -2.13.